The standard InChI is InChI=1S/C13H19FN2O/c1-10-7-11(3-4-13(10)14)16(2)9-12-8-15-5-6-17-12/h3-4,7,12,15H,5-6,8-9H2,1-2H3. The molecule has 0 amide bonds. The lowest BCUT2D eigenvalue weighted by Crippen LogP contribution is -2.44. The van der Waals surface area contributed by atoms with E-state index in [0.717, 1.165) is 31.9 Å². The van der Waals surface area contributed by atoms with Crippen LogP contribution in [0.4, 0.5) is 10.1 Å². The van der Waals surface area contributed by atoms with Crippen LogP contribution >= 0.6 is 0 Å². The smallest absolute Gasteiger partial charge is 0.126 e. The highest BCUT2D eigenvalue weighted by molar-refractivity contribution is 5.48. The molecule has 1 aliphatic rings. The number of halogens is 1. The van der Waals surface area contributed by atoms with Crippen molar-refractivity contribution in [2.45, 2.75) is 13.0 Å². The topological polar surface area (TPSA) is 24.5 Å². The predicted molar refractivity (Wildman–Crippen MR) is 67.0 cm³/mol. The number of rotatable bonds is 3. The van der Waals surface area contributed by atoms with E-state index in [1.54, 1.807) is 13.0 Å². The van der Waals surface area contributed by atoms with E-state index < -0.39 is 0 Å². The molecule has 1 unspecified atom stereocenters. The molecule has 1 heterocycles. The first-order valence-electron chi connectivity index (χ1n) is 5.96. The van der Waals surface area contributed by atoms with Crippen molar-refractivity contribution in [1.29, 1.82) is 0 Å². The number of hydrogen-bond donors (Lipinski definition) is 1. The van der Waals surface area contributed by atoms with Gasteiger partial charge in [0.05, 0.1) is 12.7 Å². The molecule has 0 saturated carbocycles. The molecule has 1 aliphatic heterocycles. The summed E-state index contributed by atoms with van der Waals surface area (Å²) in [7, 11) is 2.00. The monoisotopic (exact) mass is 238 g/mol. The number of morpholine rings is 1. The summed E-state index contributed by atoms with van der Waals surface area (Å²) < 4.78 is 18.8. The van der Waals surface area contributed by atoms with E-state index in [1.165, 1.54) is 6.07 Å². The molecule has 0 radical (unpaired) electrons. The summed E-state index contributed by atoms with van der Waals surface area (Å²) >= 11 is 0. The Balaban J connectivity index is 1.98. The number of likely N-dealkylation sites (N-methyl/N-ethyl adjacent to an activating group) is 1. The molecule has 4 heteroatoms. The third-order valence-corrected chi connectivity index (χ3v) is 3.06. The van der Waals surface area contributed by atoms with Crippen LogP contribution in [0.25, 0.3) is 0 Å². The Hall–Kier alpha value is -1.13. The van der Waals surface area contributed by atoms with Crippen molar-refractivity contribution < 1.29 is 9.13 Å². The lowest BCUT2D eigenvalue weighted by atomic mass is 10.2. The van der Waals surface area contributed by atoms with Crippen molar-refractivity contribution in [2.24, 2.45) is 0 Å². The third-order valence-electron chi connectivity index (χ3n) is 3.06. The fourth-order valence-corrected chi connectivity index (χ4v) is 2.01. The van der Waals surface area contributed by atoms with Crippen LogP contribution in [-0.4, -0.2) is 39.4 Å². The lowest BCUT2D eigenvalue weighted by Gasteiger charge is -2.29. The van der Waals surface area contributed by atoms with Gasteiger partial charge in [-0.3, -0.25) is 0 Å². The summed E-state index contributed by atoms with van der Waals surface area (Å²) in [4.78, 5) is 2.10. The van der Waals surface area contributed by atoms with Crippen molar-refractivity contribution in [2.75, 3.05) is 38.2 Å². The molecular formula is C13H19FN2O. The molecule has 0 aromatic heterocycles. The van der Waals surface area contributed by atoms with E-state index in [2.05, 4.69) is 10.2 Å². The first-order chi connectivity index (χ1) is 8.16. The van der Waals surface area contributed by atoms with Gasteiger partial charge >= 0.3 is 0 Å². The average molecular weight is 238 g/mol. The largest absolute Gasteiger partial charge is 0.374 e. The van der Waals surface area contributed by atoms with Crippen LogP contribution in [0.15, 0.2) is 18.2 Å². The van der Waals surface area contributed by atoms with Gasteiger partial charge in [-0.05, 0) is 30.7 Å². The number of anilines is 1. The highest BCUT2D eigenvalue weighted by Gasteiger charge is 2.16. The Morgan fingerprint density at radius 2 is 2.35 bits per heavy atom. The van der Waals surface area contributed by atoms with Crippen molar-refractivity contribution in [3.63, 3.8) is 0 Å². The van der Waals surface area contributed by atoms with Crippen LogP contribution in [0.1, 0.15) is 5.56 Å². The quantitative estimate of drug-likeness (QED) is 0.865. The van der Waals surface area contributed by atoms with Gasteiger partial charge in [-0.2, -0.15) is 0 Å². The van der Waals surface area contributed by atoms with E-state index in [-0.39, 0.29) is 11.9 Å². The van der Waals surface area contributed by atoms with Gasteiger partial charge in [-0.1, -0.05) is 0 Å². The number of ether oxygens (including phenoxy) is 1. The van der Waals surface area contributed by atoms with Crippen LogP contribution < -0.4 is 10.2 Å². The highest BCUT2D eigenvalue weighted by Crippen LogP contribution is 2.17. The molecule has 17 heavy (non-hydrogen) atoms. The van der Waals surface area contributed by atoms with Gasteiger partial charge in [0.1, 0.15) is 5.82 Å². The minimum atomic E-state index is -0.155. The Morgan fingerprint density at radius 1 is 1.53 bits per heavy atom. The molecule has 0 spiro atoms. The Labute approximate surface area is 102 Å². The van der Waals surface area contributed by atoms with E-state index in [9.17, 15) is 4.39 Å². The molecule has 3 nitrogen and oxygen atoms in total. The van der Waals surface area contributed by atoms with Crippen LogP contribution in [0.5, 0.6) is 0 Å². The van der Waals surface area contributed by atoms with Crippen molar-refractivity contribution in [1.82, 2.24) is 5.32 Å². The Bertz CT molecular complexity index is 378. The van der Waals surface area contributed by atoms with Crippen LogP contribution in [-0.2, 0) is 4.74 Å². The fourth-order valence-electron chi connectivity index (χ4n) is 2.01. The lowest BCUT2D eigenvalue weighted by molar-refractivity contribution is 0.0340. The van der Waals surface area contributed by atoms with Gasteiger partial charge in [0.15, 0.2) is 0 Å². The first kappa shape index (κ1) is 12.3. The minimum absolute atomic E-state index is 0.155. The molecule has 94 valence electrons. The van der Waals surface area contributed by atoms with Crippen LogP contribution in [0, 0.1) is 12.7 Å². The molecule has 0 bridgehead atoms. The third kappa shape index (κ3) is 3.17. The summed E-state index contributed by atoms with van der Waals surface area (Å²) in [6.07, 6.45) is 0.208. The van der Waals surface area contributed by atoms with Crippen molar-refractivity contribution in [3.8, 4) is 0 Å². The molecule has 0 aliphatic carbocycles. The highest BCUT2D eigenvalue weighted by atomic mass is 19.1. The van der Waals surface area contributed by atoms with Gasteiger partial charge in [-0.15, -0.1) is 0 Å². The van der Waals surface area contributed by atoms with Crippen LogP contribution in [0.2, 0.25) is 0 Å². The van der Waals surface area contributed by atoms with Gasteiger partial charge in [-0.25, -0.2) is 4.39 Å². The summed E-state index contributed by atoms with van der Waals surface area (Å²) in [5.41, 5.74) is 1.70. The zero-order valence-corrected chi connectivity index (χ0v) is 10.4. The molecule has 1 aromatic carbocycles. The van der Waals surface area contributed by atoms with E-state index in [0.29, 0.717) is 5.56 Å². The number of nitrogens with zero attached hydrogens (tertiary/aromatic N) is 1. The Morgan fingerprint density at radius 3 is 3.00 bits per heavy atom. The summed E-state index contributed by atoms with van der Waals surface area (Å²) in [6.45, 7) is 5.17. The number of benzene rings is 1. The molecule has 1 atom stereocenters. The summed E-state index contributed by atoms with van der Waals surface area (Å²) in [5.74, 6) is -0.155. The molecular weight excluding hydrogens is 219 g/mol. The second-order valence-corrected chi connectivity index (χ2v) is 4.51. The van der Waals surface area contributed by atoms with Gasteiger partial charge in [0.25, 0.3) is 0 Å². The number of nitrogens with one attached hydrogen (secondary N) is 1. The van der Waals surface area contributed by atoms with Crippen molar-refractivity contribution >= 4 is 5.69 Å². The predicted octanol–water partition coefficient (Wildman–Crippen LogP) is 1.56. The van der Waals surface area contributed by atoms with E-state index >= 15 is 0 Å². The molecule has 1 fully saturated rings. The zero-order valence-electron chi connectivity index (χ0n) is 10.4. The van der Waals surface area contributed by atoms with Gasteiger partial charge in [0.2, 0.25) is 0 Å². The number of aryl methyl sites for hydroxylation is 1. The maximum atomic E-state index is 13.2. The average Bonchev–Trinajstić information content (AvgIpc) is 2.34. The number of hydrogen-bond acceptors (Lipinski definition) is 3. The normalized spacial score (nSPS) is 20.3. The second kappa shape index (κ2) is 5.47. The summed E-state index contributed by atoms with van der Waals surface area (Å²) in [5, 5.41) is 3.30. The molecule has 1 saturated heterocycles. The van der Waals surface area contributed by atoms with Crippen molar-refractivity contribution in [3.05, 3.63) is 29.6 Å². The van der Waals surface area contributed by atoms with Gasteiger partial charge in [0, 0.05) is 32.4 Å². The zero-order chi connectivity index (χ0) is 12.3. The maximum absolute atomic E-state index is 13.2. The molecule has 1 aromatic rings. The van der Waals surface area contributed by atoms with E-state index in [4.69, 9.17) is 4.74 Å². The SMILES string of the molecule is Cc1cc(N(C)CC2CNCCO2)ccc1F. The maximum Gasteiger partial charge on any atom is 0.126 e. The summed E-state index contributed by atoms with van der Waals surface area (Å²) in [6, 6.07) is 5.19. The van der Waals surface area contributed by atoms with Gasteiger partial charge < -0.3 is 15.0 Å². The minimum Gasteiger partial charge on any atom is -0.374 e. The molecule has 2 rings (SSSR count). The Kier molecular flexibility index (Phi) is 3.97. The fraction of sp³-hybridized carbons (Fsp3) is 0.538. The second-order valence-electron chi connectivity index (χ2n) is 4.51. The van der Waals surface area contributed by atoms with Crippen LogP contribution in [0.3, 0.4) is 0 Å². The molecule has 1 N–H and O–H groups in total. The first-order valence-corrected chi connectivity index (χ1v) is 5.96. The van der Waals surface area contributed by atoms with E-state index in [1.807, 2.05) is 13.1 Å².